The summed E-state index contributed by atoms with van der Waals surface area (Å²) in [6.45, 7) is 3.45. The highest BCUT2D eigenvalue weighted by Crippen LogP contribution is 2.49. The first-order chi connectivity index (χ1) is 13.4. The van der Waals surface area contributed by atoms with Crippen molar-refractivity contribution in [2.45, 2.75) is 24.2 Å². The highest BCUT2D eigenvalue weighted by molar-refractivity contribution is 7.89. The number of amides is 1. The zero-order valence-corrected chi connectivity index (χ0v) is 17.3. The van der Waals surface area contributed by atoms with Gasteiger partial charge in [0.1, 0.15) is 0 Å². The van der Waals surface area contributed by atoms with Crippen LogP contribution in [-0.2, 0) is 14.8 Å². The summed E-state index contributed by atoms with van der Waals surface area (Å²) in [5.74, 6) is 0.330. The molecule has 2 unspecified atom stereocenters. The molecule has 2 atom stereocenters. The number of carbonyl (C=O) groups excluding carboxylic acids is 1. The molecule has 1 aliphatic heterocycles. The van der Waals surface area contributed by atoms with Crippen molar-refractivity contribution in [2.75, 3.05) is 26.2 Å². The van der Waals surface area contributed by atoms with E-state index in [4.69, 9.17) is 11.6 Å². The lowest BCUT2D eigenvalue weighted by atomic mass is 10.1. The van der Waals surface area contributed by atoms with Gasteiger partial charge in [0.25, 0.3) is 0 Å². The van der Waals surface area contributed by atoms with E-state index in [1.807, 2.05) is 31.2 Å². The summed E-state index contributed by atoms with van der Waals surface area (Å²) >= 11 is 6.05. The predicted molar refractivity (Wildman–Crippen MR) is 109 cm³/mol. The molecule has 4 rings (SSSR count). The Bertz CT molecular complexity index is 983. The Kier molecular flexibility index (Phi) is 5.21. The molecule has 7 heteroatoms. The Balaban J connectivity index is 1.37. The normalized spacial score (nSPS) is 22.9. The van der Waals surface area contributed by atoms with Gasteiger partial charge in [0.05, 0.1) is 4.90 Å². The lowest BCUT2D eigenvalue weighted by molar-refractivity contribution is -0.133. The molecule has 148 valence electrons. The van der Waals surface area contributed by atoms with Crippen LogP contribution < -0.4 is 0 Å². The Labute approximate surface area is 171 Å². The van der Waals surface area contributed by atoms with E-state index in [-0.39, 0.29) is 17.7 Å². The van der Waals surface area contributed by atoms with E-state index in [0.717, 1.165) is 17.5 Å². The zero-order valence-electron chi connectivity index (χ0n) is 15.7. The Morgan fingerprint density at radius 2 is 1.71 bits per heavy atom. The first-order valence-electron chi connectivity index (χ1n) is 9.47. The average Bonchev–Trinajstić information content (AvgIpc) is 3.49. The van der Waals surface area contributed by atoms with E-state index in [9.17, 15) is 13.2 Å². The van der Waals surface area contributed by atoms with Gasteiger partial charge >= 0.3 is 0 Å². The fourth-order valence-electron chi connectivity index (χ4n) is 3.82. The smallest absolute Gasteiger partial charge is 0.243 e. The molecule has 1 amide bonds. The van der Waals surface area contributed by atoms with E-state index < -0.39 is 10.0 Å². The maximum Gasteiger partial charge on any atom is 0.243 e. The lowest BCUT2D eigenvalue weighted by Gasteiger charge is -2.34. The van der Waals surface area contributed by atoms with Crippen LogP contribution in [0.3, 0.4) is 0 Å². The molecule has 0 radical (unpaired) electrons. The molecule has 0 N–H and O–H groups in total. The molecule has 2 aliphatic rings. The summed E-state index contributed by atoms with van der Waals surface area (Å²) < 4.78 is 27.1. The second kappa shape index (κ2) is 7.50. The van der Waals surface area contributed by atoms with Crippen LogP contribution in [0.1, 0.15) is 23.5 Å². The number of aryl methyl sites for hydroxylation is 1. The molecule has 1 saturated heterocycles. The number of hydrogen-bond donors (Lipinski definition) is 0. The van der Waals surface area contributed by atoms with E-state index in [2.05, 4.69) is 0 Å². The molecule has 2 fully saturated rings. The summed E-state index contributed by atoms with van der Waals surface area (Å²) in [6.07, 6.45) is 0.834. The van der Waals surface area contributed by atoms with Gasteiger partial charge < -0.3 is 4.90 Å². The molecule has 0 spiro atoms. The monoisotopic (exact) mass is 418 g/mol. The number of piperazine rings is 1. The third kappa shape index (κ3) is 3.81. The highest BCUT2D eigenvalue weighted by atomic mass is 35.5. The minimum Gasteiger partial charge on any atom is -0.340 e. The first kappa shape index (κ1) is 19.4. The Hall–Kier alpha value is -1.89. The number of nitrogens with zero attached hydrogens (tertiary/aromatic N) is 2. The van der Waals surface area contributed by atoms with Crippen LogP contribution >= 0.6 is 11.6 Å². The number of benzene rings is 2. The van der Waals surface area contributed by atoms with Crippen molar-refractivity contribution in [1.29, 1.82) is 0 Å². The summed E-state index contributed by atoms with van der Waals surface area (Å²) in [4.78, 5) is 14.9. The quantitative estimate of drug-likeness (QED) is 0.765. The summed E-state index contributed by atoms with van der Waals surface area (Å²) in [7, 11) is -3.51. The van der Waals surface area contributed by atoms with Crippen LogP contribution in [0.2, 0.25) is 5.02 Å². The second-order valence-electron chi connectivity index (χ2n) is 7.55. The zero-order chi connectivity index (χ0) is 19.9. The summed E-state index contributed by atoms with van der Waals surface area (Å²) in [5.41, 5.74) is 2.12. The Morgan fingerprint density at radius 3 is 2.36 bits per heavy atom. The molecule has 28 heavy (non-hydrogen) atoms. The van der Waals surface area contributed by atoms with Crippen LogP contribution in [0.25, 0.3) is 0 Å². The largest absolute Gasteiger partial charge is 0.340 e. The third-order valence-electron chi connectivity index (χ3n) is 5.59. The van der Waals surface area contributed by atoms with Gasteiger partial charge in [-0.2, -0.15) is 4.31 Å². The van der Waals surface area contributed by atoms with Crippen LogP contribution in [-0.4, -0.2) is 49.7 Å². The van der Waals surface area contributed by atoms with Crippen molar-refractivity contribution in [3.8, 4) is 0 Å². The van der Waals surface area contributed by atoms with Gasteiger partial charge in [0, 0.05) is 37.1 Å². The lowest BCUT2D eigenvalue weighted by Crippen LogP contribution is -2.51. The van der Waals surface area contributed by atoms with Gasteiger partial charge in [0.15, 0.2) is 0 Å². The van der Waals surface area contributed by atoms with E-state index in [1.165, 1.54) is 4.31 Å². The number of hydrogen-bond acceptors (Lipinski definition) is 3. The van der Waals surface area contributed by atoms with Crippen LogP contribution in [0, 0.1) is 12.8 Å². The van der Waals surface area contributed by atoms with E-state index in [1.54, 1.807) is 29.2 Å². The van der Waals surface area contributed by atoms with Crippen molar-refractivity contribution >= 4 is 27.5 Å². The molecular formula is C21H23ClN2O3S. The van der Waals surface area contributed by atoms with Gasteiger partial charge in [-0.15, -0.1) is 0 Å². The topological polar surface area (TPSA) is 57.7 Å². The van der Waals surface area contributed by atoms with Crippen molar-refractivity contribution in [3.05, 3.63) is 64.7 Å². The number of rotatable bonds is 4. The average molecular weight is 419 g/mol. The molecule has 0 bridgehead atoms. The second-order valence-corrected chi connectivity index (χ2v) is 9.92. The van der Waals surface area contributed by atoms with E-state index in [0.29, 0.717) is 36.1 Å². The van der Waals surface area contributed by atoms with Crippen molar-refractivity contribution in [1.82, 2.24) is 9.21 Å². The molecule has 2 aromatic rings. The third-order valence-corrected chi connectivity index (χ3v) is 7.74. The maximum atomic E-state index is 12.8. The molecular weight excluding hydrogens is 396 g/mol. The van der Waals surface area contributed by atoms with Gasteiger partial charge in [-0.1, -0.05) is 41.4 Å². The van der Waals surface area contributed by atoms with Crippen LogP contribution in [0.15, 0.2) is 53.4 Å². The number of carbonyl (C=O) groups is 1. The molecule has 0 aromatic heterocycles. The first-order valence-corrected chi connectivity index (χ1v) is 11.3. The van der Waals surface area contributed by atoms with Gasteiger partial charge in [-0.05, 0) is 49.1 Å². The molecule has 1 aliphatic carbocycles. The molecule has 1 saturated carbocycles. The van der Waals surface area contributed by atoms with E-state index >= 15 is 0 Å². The highest BCUT2D eigenvalue weighted by Gasteiger charge is 2.46. The fourth-order valence-corrected chi connectivity index (χ4v) is 5.44. The standard InChI is InChI=1S/C21H23ClN2O3S/c1-15-5-7-18(8-6-15)28(26,27)24-11-9-23(10-12-24)21(25)20-14-19(20)16-3-2-4-17(22)13-16/h2-8,13,19-20H,9-12,14H2,1H3. The fraction of sp³-hybridized carbons (Fsp3) is 0.381. The minimum atomic E-state index is -3.51. The summed E-state index contributed by atoms with van der Waals surface area (Å²) in [6, 6.07) is 14.6. The van der Waals surface area contributed by atoms with Crippen LogP contribution in [0.5, 0.6) is 0 Å². The van der Waals surface area contributed by atoms with Gasteiger partial charge in [0.2, 0.25) is 15.9 Å². The van der Waals surface area contributed by atoms with Crippen LogP contribution in [0.4, 0.5) is 0 Å². The molecule has 5 nitrogen and oxygen atoms in total. The minimum absolute atomic E-state index is 0.0151. The Morgan fingerprint density at radius 1 is 1.04 bits per heavy atom. The predicted octanol–water partition coefficient (Wildman–Crippen LogP) is 3.29. The maximum absolute atomic E-state index is 12.8. The number of sulfonamides is 1. The SMILES string of the molecule is Cc1ccc(S(=O)(=O)N2CCN(C(=O)C3CC3c3cccc(Cl)c3)CC2)cc1. The van der Waals surface area contributed by atoms with Gasteiger partial charge in [-0.25, -0.2) is 8.42 Å². The van der Waals surface area contributed by atoms with Crippen molar-refractivity contribution in [2.24, 2.45) is 5.92 Å². The molecule has 2 aromatic carbocycles. The summed E-state index contributed by atoms with van der Waals surface area (Å²) in [5, 5.41) is 0.686. The van der Waals surface area contributed by atoms with Crippen molar-refractivity contribution < 1.29 is 13.2 Å². The molecule has 1 heterocycles. The number of halogens is 1. The van der Waals surface area contributed by atoms with Crippen molar-refractivity contribution in [3.63, 3.8) is 0 Å². The van der Waals surface area contributed by atoms with Gasteiger partial charge in [-0.3, -0.25) is 4.79 Å².